The van der Waals surface area contributed by atoms with Gasteiger partial charge in [0.15, 0.2) is 11.3 Å². The monoisotopic (exact) mass is 421 g/mol. The van der Waals surface area contributed by atoms with Crippen LogP contribution in [-0.4, -0.2) is 21.8 Å². The second-order valence-corrected chi connectivity index (χ2v) is 7.66. The van der Waals surface area contributed by atoms with Crippen LogP contribution in [0.25, 0.3) is 22.3 Å². The van der Waals surface area contributed by atoms with E-state index in [2.05, 4.69) is 10.3 Å². The van der Waals surface area contributed by atoms with E-state index >= 15 is 0 Å². The largest absolute Gasteiger partial charge is 0.458 e. The molecule has 150 valence electrons. The number of rotatable bonds is 4. The van der Waals surface area contributed by atoms with Crippen LogP contribution in [0.3, 0.4) is 0 Å². The third-order valence-electron chi connectivity index (χ3n) is 5.17. The van der Waals surface area contributed by atoms with E-state index in [4.69, 9.17) is 20.4 Å². The summed E-state index contributed by atoms with van der Waals surface area (Å²) in [6.45, 7) is 1.54. The number of nitrogens with one attached hydrogen (secondary N) is 1. The van der Waals surface area contributed by atoms with Crippen molar-refractivity contribution in [3.8, 4) is 11.3 Å². The van der Waals surface area contributed by atoms with Crippen molar-refractivity contribution in [2.75, 3.05) is 0 Å². The molecule has 4 aromatic rings. The lowest BCUT2D eigenvalue weighted by Crippen LogP contribution is -2.40. The number of para-hydroxylation sites is 1. The van der Waals surface area contributed by atoms with E-state index in [0.29, 0.717) is 22.1 Å². The first kappa shape index (κ1) is 18.4. The quantitative estimate of drug-likeness (QED) is 0.482. The van der Waals surface area contributed by atoms with Crippen molar-refractivity contribution >= 4 is 34.5 Å². The molecule has 2 aromatic carbocycles. The number of oxazole rings is 1. The molecule has 0 spiro atoms. The average Bonchev–Trinajstić information content (AvgIpc) is 3.43. The van der Waals surface area contributed by atoms with Gasteiger partial charge in [0.05, 0.1) is 6.20 Å². The van der Waals surface area contributed by atoms with Crippen molar-refractivity contribution in [2.24, 2.45) is 0 Å². The first-order valence-corrected chi connectivity index (χ1v) is 9.66. The number of imide groups is 1. The van der Waals surface area contributed by atoms with Gasteiger partial charge < -0.3 is 14.2 Å². The van der Waals surface area contributed by atoms with Crippen LogP contribution >= 0.6 is 11.6 Å². The van der Waals surface area contributed by atoms with Crippen LogP contribution in [0.4, 0.5) is 4.79 Å². The summed E-state index contributed by atoms with van der Waals surface area (Å²) in [5.41, 5.74) is 0.138. The number of hydrogen-bond donors (Lipinski definition) is 1. The van der Waals surface area contributed by atoms with E-state index in [0.717, 1.165) is 15.8 Å². The van der Waals surface area contributed by atoms with E-state index in [9.17, 15) is 9.59 Å². The SMILES string of the molecule is CC1(c2cc3ccccc3o2)NC(=O)N(Cc2ncc(-c3ccc(Cl)cc3)o2)C1=O. The maximum atomic E-state index is 13.1. The van der Waals surface area contributed by atoms with E-state index in [-0.39, 0.29) is 12.4 Å². The van der Waals surface area contributed by atoms with Gasteiger partial charge >= 0.3 is 6.03 Å². The lowest BCUT2D eigenvalue weighted by molar-refractivity contribution is -0.132. The molecule has 8 heteroatoms. The van der Waals surface area contributed by atoms with Gasteiger partial charge in [-0.25, -0.2) is 9.78 Å². The fraction of sp³-hybridized carbons (Fsp3) is 0.136. The van der Waals surface area contributed by atoms with Gasteiger partial charge in [0.25, 0.3) is 5.91 Å². The Labute approximate surface area is 176 Å². The lowest BCUT2D eigenvalue weighted by Gasteiger charge is -2.18. The minimum Gasteiger partial charge on any atom is -0.458 e. The Morgan fingerprint density at radius 1 is 1.10 bits per heavy atom. The molecule has 1 saturated heterocycles. The van der Waals surface area contributed by atoms with Crippen LogP contribution in [0.1, 0.15) is 18.6 Å². The zero-order valence-electron chi connectivity index (χ0n) is 15.9. The zero-order chi connectivity index (χ0) is 20.9. The molecule has 3 heterocycles. The summed E-state index contributed by atoms with van der Waals surface area (Å²) in [4.78, 5) is 31.0. The van der Waals surface area contributed by atoms with Crippen molar-refractivity contribution in [1.82, 2.24) is 15.2 Å². The first-order valence-electron chi connectivity index (χ1n) is 9.28. The van der Waals surface area contributed by atoms with Gasteiger partial charge in [-0.05, 0) is 43.3 Å². The number of halogens is 1. The van der Waals surface area contributed by atoms with Crippen molar-refractivity contribution < 1.29 is 18.4 Å². The Morgan fingerprint density at radius 3 is 2.63 bits per heavy atom. The first-order chi connectivity index (χ1) is 14.4. The highest BCUT2D eigenvalue weighted by atomic mass is 35.5. The Balaban J connectivity index is 1.40. The van der Waals surface area contributed by atoms with Crippen molar-refractivity contribution in [1.29, 1.82) is 0 Å². The molecule has 0 bridgehead atoms. The van der Waals surface area contributed by atoms with E-state index in [1.165, 1.54) is 0 Å². The highest BCUT2D eigenvalue weighted by Gasteiger charge is 2.51. The maximum absolute atomic E-state index is 13.1. The number of urea groups is 1. The Kier molecular flexibility index (Phi) is 4.15. The fourth-order valence-corrected chi connectivity index (χ4v) is 3.63. The smallest absolute Gasteiger partial charge is 0.325 e. The predicted molar refractivity (Wildman–Crippen MR) is 110 cm³/mol. The molecule has 1 fully saturated rings. The summed E-state index contributed by atoms with van der Waals surface area (Å²) in [5.74, 6) is 0.711. The lowest BCUT2D eigenvalue weighted by atomic mass is 9.99. The second kappa shape index (κ2) is 6.74. The van der Waals surface area contributed by atoms with Crippen LogP contribution in [-0.2, 0) is 16.9 Å². The van der Waals surface area contributed by atoms with Gasteiger partial charge in [0.2, 0.25) is 5.89 Å². The number of aromatic nitrogens is 1. The van der Waals surface area contributed by atoms with Crippen molar-refractivity contribution in [2.45, 2.75) is 19.0 Å². The molecule has 1 aliphatic heterocycles. The molecule has 1 aliphatic rings. The number of benzene rings is 2. The van der Waals surface area contributed by atoms with Gasteiger partial charge in [-0.3, -0.25) is 9.69 Å². The molecule has 2 aromatic heterocycles. The fourth-order valence-electron chi connectivity index (χ4n) is 3.50. The topological polar surface area (TPSA) is 88.6 Å². The van der Waals surface area contributed by atoms with Crippen LogP contribution in [0.15, 0.2) is 69.6 Å². The van der Waals surface area contributed by atoms with Gasteiger partial charge in [-0.1, -0.05) is 29.8 Å². The molecule has 0 saturated carbocycles. The third-order valence-corrected chi connectivity index (χ3v) is 5.42. The summed E-state index contributed by atoms with van der Waals surface area (Å²) in [7, 11) is 0. The minimum atomic E-state index is -1.30. The van der Waals surface area contributed by atoms with E-state index in [1.54, 1.807) is 43.5 Å². The number of hydrogen-bond acceptors (Lipinski definition) is 5. The summed E-state index contributed by atoms with van der Waals surface area (Å²) in [5, 5.41) is 4.20. The van der Waals surface area contributed by atoms with Gasteiger partial charge in [-0.2, -0.15) is 0 Å². The Morgan fingerprint density at radius 2 is 1.87 bits per heavy atom. The van der Waals surface area contributed by atoms with Crippen LogP contribution in [0.5, 0.6) is 0 Å². The molecule has 30 heavy (non-hydrogen) atoms. The molecule has 3 amide bonds. The Hall–Kier alpha value is -3.58. The molecule has 1 N–H and O–H groups in total. The molecule has 0 aliphatic carbocycles. The average molecular weight is 422 g/mol. The van der Waals surface area contributed by atoms with Gasteiger partial charge in [-0.15, -0.1) is 0 Å². The zero-order valence-corrected chi connectivity index (χ0v) is 16.6. The number of nitrogens with zero attached hydrogens (tertiary/aromatic N) is 2. The summed E-state index contributed by atoms with van der Waals surface area (Å²) < 4.78 is 11.6. The Bertz CT molecular complexity index is 1240. The summed E-state index contributed by atoms with van der Waals surface area (Å²) in [6, 6.07) is 15.8. The van der Waals surface area contributed by atoms with Crippen LogP contribution in [0, 0.1) is 0 Å². The predicted octanol–water partition coefficient (Wildman–Crippen LogP) is 4.71. The molecule has 0 radical (unpaired) electrons. The number of furan rings is 1. The second-order valence-electron chi connectivity index (χ2n) is 7.22. The molecule has 1 atom stereocenters. The molecule has 5 rings (SSSR count). The van der Waals surface area contributed by atoms with Crippen LogP contribution in [0.2, 0.25) is 5.02 Å². The molecule has 1 unspecified atom stereocenters. The number of carbonyl (C=O) groups excluding carboxylic acids is 2. The van der Waals surface area contributed by atoms with E-state index < -0.39 is 17.5 Å². The van der Waals surface area contributed by atoms with Crippen molar-refractivity contribution in [3.05, 3.63) is 77.5 Å². The van der Waals surface area contributed by atoms with Crippen molar-refractivity contribution in [3.63, 3.8) is 0 Å². The summed E-state index contributed by atoms with van der Waals surface area (Å²) >= 11 is 5.91. The number of amides is 3. The number of fused-ring (bicyclic) bond motifs is 1. The minimum absolute atomic E-state index is 0.0892. The van der Waals surface area contributed by atoms with Crippen LogP contribution < -0.4 is 5.32 Å². The maximum Gasteiger partial charge on any atom is 0.325 e. The standard InChI is InChI=1S/C22H16ClN3O4/c1-22(18-10-14-4-2-3-5-16(14)29-18)20(27)26(21(28)25-22)12-19-24-11-17(30-19)13-6-8-15(23)9-7-13/h2-11H,12H2,1H3,(H,25,28). The van der Waals surface area contributed by atoms with Gasteiger partial charge in [0.1, 0.15) is 17.9 Å². The van der Waals surface area contributed by atoms with Gasteiger partial charge in [0, 0.05) is 16.0 Å². The highest BCUT2D eigenvalue weighted by Crippen LogP contribution is 2.34. The molecule has 7 nitrogen and oxygen atoms in total. The normalized spacial score (nSPS) is 18.9. The third kappa shape index (κ3) is 2.95. The molecular weight excluding hydrogens is 406 g/mol. The highest BCUT2D eigenvalue weighted by molar-refractivity contribution is 6.30. The summed E-state index contributed by atoms with van der Waals surface area (Å²) in [6.07, 6.45) is 1.55. The molecular formula is C22H16ClN3O4. The number of carbonyl (C=O) groups is 2. The van der Waals surface area contributed by atoms with E-state index in [1.807, 2.05) is 24.3 Å².